The number of nitrogens with zero attached hydrogens (tertiary/aromatic N) is 1. The van der Waals surface area contributed by atoms with Crippen molar-refractivity contribution in [2.75, 3.05) is 7.11 Å². The zero-order chi connectivity index (χ0) is 13.0. The van der Waals surface area contributed by atoms with Crippen LogP contribution in [-0.2, 0) is 6.54 Å². The number of ether oxygens (including phenoxy) is 1. The zero-order valence-corrected chi connectivity index (χ0v) is 11.6. The van der Waals surface area contributed by atoms with Crippen LogP contribution in [-0.4, -0.2) is 24.2 Å². The molecule has 100 valence electrons. The van der Waals surface area contributed by atoms with E-state index in [0.29, 0.717) is 12.1 Å². The summed E-state index contributed by atoms with van der Waals surface area (Å²) < 4.78 is 5.38. The Balaban J connectivity index is 1.97. The number of para-hydroxylation sites is 1. The van der Waals surface area contributed by atoms with Crippen LogP contribution in [0.1, 0.15) is 38.7 Å². The Morgan fingerprint density at radius 1 is 1.22 bits per heavy atom. The highest BCUT2D eigenvalue weighted by Gasteiger charge is 2.24. The number of benzene rings is 1. The minimum atomic E-state index is 0.614. The van der Waals surface area contributed by atoms with Crippen LogP contribution in [0.4, 0.5) is 0 Å². The van der Waals surface area contributed by atoms with Gasteiger partial charge in [0.1, 0.15) is 5.75 Å². The summed E-state index contributed by atoms with van der Waals surface area (Å²) in [5.74, 6) is 0.960. The van der Waals surface area contributed by atoms with E-state index >= 15 is 0 Å². The van der Waals surface area contributed by atoms with Crippen molar-refractivity contribution in [2.45, 2.75) is 51.7 Å². The number of methoxy groups -OCH3 is 1. The van der Waals surface area contributed by atoms with Gasteiger partial charge in [0.25, 0.3) is 0 Å². The summed E-state index contributed by atoms with van der Waals surface area (Å²) >= 11 is 0. The summed E-state index contributed by atoms with van der Waals surface area (Å²) in [4.78, 5) is 0. The van der Waals surface area contributed by atoms with E-state index in [4.69, 9.17) is 4.74 Å². The van der Waals surface area contributed by atoms with Crippen LogP contribution in [0.5, 0.6) is 5.75 Å². The predicted octanol–water partition coefficient (Wildman–Crippen LogP) is 2.96. The van der Waals surface area contributed by atoms with Gasteiger partial charge in [-0.1, -0.05) is 24.6 Å². The lowest BCUT2D eigenvalue weighted by molar-refractivity contribution is 0.0433. The molecular formula is C15H24N2O. The van der Waals surface area contributed by atoms with Gasteiger partial charge in [-0.2, -0.15) is 0 Å². The van der Waals surface area contributed by atoms with E-state index in [1.54, 1.807) is 7.11 Å². The molecule has 0 bridgehead atoms. The fourth-order valence-electron chi connectivity index (χ4n) is 2.76. The van der Waals surface area contributed by atoms with Crippen molar-refractivity contribution in [3.05, 3.63) is 29.8 Å². The van der Waals surface area contributed by atoms with Gasteiger partial charge in [0, 0.05) is 24.2 Å². The predicted molar refractivity (Wildman–Crippen MR) is 74.4 cm³/mol. The molecule has 1 N–H and O–H groups in total. The molecule has 3 nitrogen and oxygen atoms in total. The normalized spacial score (nSPS) is 25.1. The van der Waals surface area contributed by atoms with Crippen molar-refractivity contribution in [2.24, 2.45) is 0 Å². The summed E-state index contributed by atoms with van der Waals surface area (Å²) in [6.07, 6.45) is 3.90. The number of hydrogen-bond acceptors (Lipinski definition) is 3. The first kappa shape index (κ1) is 13.4. The van der Waals surface area contributed by atoms with Gasteiger partial charge in [-0.15, -0.1) is 0 Å². The molecule has 0 aromatic heterocycles. The molecule has 1 fully saturated rings. The third kappa shape index (κ3) is 3.03. The molecule has 1 saturated heterocycles. The molecule has 0 radical (unpaired) electrons. The molecule has 1 aliphatic rings. The SMILES string of the molecule is COc1ccccc1CNN1C(C)CCCC1C. The highest BCUT2D eigenvalue weighted by atomic mass is 16.5. The summed E-state index contributed by atoms with van der Waals surface area (Å²) in [5, 5.41) is 2.40. The van der Waals surface area contributed by atoms with Crippen molar-refractivity contribution >= 4 is 0 Å². The zero-order valence-electron chi connectivity index (χ0n) is 11.6. The van der Waals surface area contributed by atoms with E-state index in [1.165, 1.54) is 24.8 Å². The minimum Gasteiger partial charge on any atom is -0.496 e. The second-order valence-electron chi connectivity index (χ2n) is 5.18. The van der Waals surface area contributed by atoms with Crippen molar-refractivity contribution in [1.82, 2.24) is 10.4 Å². The Morgan fingerprint density at radius 2 is 1.89 bits per heavy atom. The summed E-state index contributed by atoms with van der Waals surface area (Å²) in [6.45, 7) is 5.43. The first-order valence-corrected chi connectivity index (χ1v) is 6.86. The molecule has 1 aromatic rings. The summed E-state index contributed by atoms with van der Waals surface area (Å²) in [6, 6.07) is 9.43. The van der Waals surface area contributed by atoms with Gasteiger partial charge < -0.3 is 4.74 Å². The minimum absolute atomic E-state index is 0.614. The maximum atomic E-state index is 5.38. The Hall–Kier alpha value is -1.06. The molecule has 2 atom stereocenters. The van der Waals surface area contributed by atoms with Crippen molar-refractivity contribution in [3.63, 3.8) is 0 Å². The number of hydrogen-bond donors (Lipinski definition) is 1. The van der Waals surface area contributed by atoms with E-state index in [1.807, 2.05) is 12.1 Å². The van der Waals surface area contributed by atoms with Gasteiger partial charge in [0.05, 0.1) is 7.11 Å². The fourth-order valence-corrected chi connectivity index (χ4v) is 2.76. The summed E-state index contributed by atoms with van der Waals surface area (Å²) in [7, 11) is 1.73. The molecule has 0 aliphatic carbocycles. The van der Waals surface area contributed by atoms with Gasteiger partial charge in [0.15, 0.2) is 0 Å². The van der Waals surface area contributed by atoms with E-state index in [9.17, 15) is 0 Å². The first-order chi connectivity index (χ1) is 8.72. The van der Waals surface area contributed by atoms with Gasteiger partial charge in [0.2, 0.25) is 0 Å². The standard InChI is InChI=1S/C15H24N2O/c1-12-7-6-8-13(2)17(12)16-11-14-9-4-5-10-15(14)18-3/h4-5,9-10,12-13,16H,6-8,11H2,1-3H3. The van der Waals surface area contributed by atoms with E-state index in [0.717, 1.165) is 12.3 Å². The van der Waals surface area contributed by atoms with Gasteiger partial charge >= 0.3 is 0 Å². The molecule has 0 amide bonds. The molecule has 3 heteroatoms. The lowest BCUT2D eigenvalue weighted by Crippen LogP contribution is -2.51. The number of rotatable bonds is 4. The lowest BCUT2D eigenvalue weighted by Gasteiger charge is -2.39. The maximum absolute atomic E-state index is 5.38. The largest absolute Gasteiger partial charge is 0.496 e. The van der Waals surface area contributed by atoms with Crippen molar-refractivity contribution in [3.8, 4) is 5.75 Å². The highest BCUT2D eigenvalue weighted by molar-refractivity contribution is 5.32. The van der Waals surface area contributed by atoms with Crippen LogP contribution in [0, 0.1) is 0 Å². The fraction of sp³-hybridized carbons (Fsp3) is 0.600. The molecule has 0 saturated carbocycles. The molecule has 2 unspecified atom stereocenters. The molecular weight excluding hydrogens is 224 g/mol. The average molecular weight is 248 g/mol. The topological polar surface area (TPSA) is 24.5 Å². The average Bonchev–Trinajstić information content (AvgIpc) is 2.38. The molecule has 18 heavy (non-hydrogen) atoms. The molecule has 1 aromatic carbocycles. The Morgan fingerprint density at radius 3 is 2.56 bits per heavy atom. The Bertz CT molecular complexity index is 371. The van der Waals surface area contributed by atoms with E-state index < -0.39 is 0 Å². The van der Waals surface area contributed by atoms with Crippen LogP contribution in [0.3, 0.4) is 0 Å². The van der Waals surface area contributed by atoms with Crippen molar-refractivity contribution in [1.29, 1.82) is 0 Å². The molecule has 2 rings (SSSR count). The van der Waals surface area contributed by atoms with Gasteiger partial charge in [-0.25, -0.2) is 5.01 Å². The Kier molecular flexibility index (Phi) is 4.61. The second-order valence-corrected chi connectivity index (χ2v) is 5.18. The van der Waals surface area contributed by atoms with Crippen LogP contribution in [0.2, 0.25) is 0 Å². The lowest BCUT2D eigenvalue weighted by atomic mass is 10.00. The smallest absolute Gasteiger partial charge is 0.123 e. The first-order valence-electron chi connectivity index (χ1n) is 6.86. The molecule has 1 aliphatic heterocycles. The maximum Gasteiger partial charge on any atom is 0.123 e. The van der Waals surface area contributed by atoms with E-state index in [2.05, 4.69) is 36.4 Å². The quantitative estimate of drug-likeness (QED) is 0.886. The Labute approximate surface area is 110 Å². The van der Waals surface area contributed by atoms with Crippen LogP contribution in [0.15, 0.2) is 24.3 Å². The van der Waals surface area contributed by atoms with E-state index in [-0.39, 0.29) is 0 Å². The third-order valence-corrected chi connectivity index (χ3v) is 3.84. The molecule has 1 heterocycles. The van der Waals surface area contributed by atoms with Crippen LogP contribution < -0.4 is 10.2 Å². The molecule has 0 spiro atoms. The van der Waals surface area contributed by atoms with Gasteiger partial charge in [-0.05, 0) is 32.8 Å². The van der Waals surface area contributed by atoms with Crippen LogP contribution >= 0.6 is 0 Å². The van der Waals surface area contributed by atoms with Crippen LogP contribution in [0.25, 0.3) is 0 Å². The number of nitrogens with one attached hydrogen (secondary N) is 1. The number of hydrazine groups is 1. The second kappa shape index (κ2) is 6.21. The summed E-state index contributed by atoms with van der Waals surface area (Å²) in [5.41, 5.74) is 4.78. The monoisotopic (exact) mass is 248 g/mol. The van der Waals surface area contributed by atoms with Gasteiger partial charge in [-0.3, -0.25) is 5.43 Å². The number of piperidine rings is 1. The van der Waals surface area contributed by atoms with Crippen molar-refractivity contribution < 1.29 is 4.74 Å². The third-order valence-electron chi connectivity index (χ3n) is 3.84. The highest BCUT2D eigenvalue weighted by Crippen LogP contribution is 2.22.